The van der Waals surface area contributed by atoms with E-state index in [4.69, 9.17) is 10.5 Å². The van der Waals surface area contributed by atoms with Crippen LogP contribution < -0.4 is 16.3 Å². The number of carbonyl (C=O) groups excluding carboxylic acids is 1. The Bertz CT molecular complexity index is 886. The molecule has 1 unspecified atom stereocenters. The smallest absolute Gasteiger partial charge is 0.340 e. The molecule has 0 spiro atoms. The summed E-state index contributed by atoms with van der Waals surface area (Å²) in [6.45, 7) is 1.78. The molecule has 1 aromatic heterocycles. The second-order valence-electron chi connectivity index (χ2n) is 6.17. The van der Waals surface area contributed by atoms with Gasteiger partial charge in [0.25, 0.3) is 5.62 Å². The van der Waals surface area contributed by atoms with Gasteiger partial charge in [-0.1, -0.05) is 18.2 Å². The second kappa shape index (κ2) is 6.12. The molecule has 4 rings (SSSR count). The molecule has 1 aromatic carbocycles. The zero-order valence-electron chi connectivity index (χ0n) is 13.6. The van der Waals surface area contributed by atoms with Crippen LogP contribution in [0.4, 0.5) is 11.6 Å². The van der Waals surface area contributed by atoms with Gasteiger partial charge in [0, 0.05) is 24.7 Å². The van der Waals surface area contributed by atoms with E-state index in [-0.39, 0.29) is 11.4 Å². The van der Waals surface area contributed by atoms with Crippen molar-refractivity contribution in [3.63, 3.8) is 0 Å². The number of esters is 1. The Morgan fingerprint density at radius 2 is 2.00 bits per heavy atom. The molecule has 3 N–H and O–H groups in total. The SMILES string of the molecule is Nc1cc(N2CCCCC2)nc(=NC2OC(=O)c3ccccc32)n1O. The van der Waals surface area contributed by atoms with Gasteiger partial charge in [-0.15, -0.1) is 4.73 Å². The van der Waals surface area contributed by atoms with E-state index in [1.807, 2.05) is 6.07 Å². The third kappa shape index (κ3) is 2.79. The Morgan fingerprint density at radius 1 is 1.24 bits per heavy atom. The van der Waals surface area contributed by atoms with Crippen molar-refractivity contribution in [2.24, 2.45) is 4.99 Å². The van der Waals surface area contributed by atoms with Crippen LogP contribution >= 0.6 is 0 Å². The van der Waals surface area contributed by atoms with E-state index in [1.54, 1.807) is 24.3 Å². The molecular formula is C17H19N5O3. The van der Waals surface area contributed by atoms with Crippen LogP contribution in [0.3, 0.4) is 0 Å². The number of nitrogen functional groups attached to an aromatic ring is 1. The van der Waals surface area contributed by atoms with Gasteiger partial charge in [-0.25, -0.2) is 4.79 Å². The molecule has 3 heterocycles. The molecule has 25 heavy (non-hydrogen) atoms. The Morgan fingerprint density at radius 3 is 2.80 bits per heavy atom. The average molecular weight is 341 g/mol. The van der Waals surface area contributed by atoms with Crippen molar-refractivity contribution in [1.82, 2.24) is 9.71 Å². The summed E-state index contributed by atoms with van der Waals surface area (Å²) in [4.78, 5) is 22.8. The maximum absolute atomic E-state index is 11.9. The number of aromatic nitrogens is 2. The summed E-state index contributed by atoms with van der Waals surface area (Å²) in [5, 5.41) is 10.2. The van der Waals surface area contributed by atoms with Gasteiger partial charge in [-0.3, -0.25) is 0 Å². The van der Waals surface area contributed by atoms with E-state index < -0.39 is 12.2 Å². The number of cyclic esters (lactones) is 1. The molecule has 0 amide bonds. The lowest BCUT2D eigenvalue weighted by molar-refractivity contribution is 0.0385. The van der Waals surface area contributed by atoms with Crippen molar-refractivity contribution in [2.45, 2.75) is 25.5 Å². The Kier molecular flexibility index (Phi) is 3.79. The number of anilines is 2. The van der Waals surface area contributed by atoms with Crippen LogP contribution in [-0.2, 0) is 4.74 Å². The van der Waals surface area contributed by atoms with E-state index >= 15 is 0 Å². The maximum Gasteiger partial charge on any atom is 0.340 e. The van der Waals surface area contributed by atoms with Crippen LogP contribution in [0.5, 0.6) is 0 Å². The van der Waals surface area contributed by atoms with Gasteiger partial charge in [-0.05, 0) is 25.3 Å². The minimum Gasteiger partial charge on any atom is -0.432 e. The average Bonchev–Trinajstić information content (AvgIpc) is 2.96. The van der Waals surface area contributed by atoms with Crippen LogP contribution in [0.25, 0.3) is 0 Å². The highest BCUT2D eigenvalue weighted by atomic mass is 16.6. The summed E-state index contributed by atoms with van der Waals surface area (Å²) in [6.07, 6.45) is 2.54. The number of nitrogens with two attached hydrogens (primary N) is 1. The monoisotopic (exact) mass is 341 g/mol. The lowest BCUT2D eigenvalue weighted by Crippen LogP contribution is -2.34. The lowest BCUT2D eigenvalue weighted by Gasteiger charge is -2.27. The molecule has 2 aliphatic heterocycles. The van der Waals surface area contributed by atoms with Gasteiger partial charge < -0.3 is 20.6 Å². The molecule has 8 nitrogen and oxygen atoms in total. The predicted octanol–water partition coefficient (Wildman–Crippen LogP) is 1.46. The fourth-order valence-electron chi connectivity index (χ4n) is 3.19. The first-order valence-corrected chi connectivity index (χ1v) is 8.31. The Hall–Kier alpha value is -3.03. The standard InChI is InChI=1S/C17H19N5O3/c18-13-10-14(21-8-4-1-5-9-21)19-17(22(13)24)20-15-11-6-2-3-7-12(11)16(23)25-15/h2-3,6-7,10,15,24H,1,4-5,8-9,18H2. The molecule has 2 aliphatic rings. The molecule has 0 saturated carbocycles. The van der Waals surface area contributed by atoms with Crippen LogP contribution in [0.2, 0.25) is 0 Å². The van der Waals surface area contributed by atoms with Crippen LogP contribution in [0.1, 0.15) is 41.4 Å². The van der Waals surface area contributed by atoms with Crippen molar-refractivity contribution in [2.75, 3.05) is 23.7 Å². The molecule has 0 aliphatic carbocycles. The van der Waals surface area contributed by atoms with Gasteiger partial charge in [0.2, 0.25) is 6.23 Å². The number of rotatable bonds is 2. The number of hydrogen-bond acceptors (Lipinski definition) is 7. The van der Waals surface area contributed by atoms with Gasteiger partial charge >= 0.3 is 5.97 Å². The number of benzene rings is 1. The molecule has 0 bridgehead atoms. The summed E-state index contributed by atoms with van der Waals surface area (Å²) < 4.78 is 6.00. The summed E-state index contributed by atoms with van der Waals surface area (Å²) in [5.41, 5.74) is 7.03. The van der Waals surface area contributed by atoms with E-state index in [9.17, 15) is 10.0 Å². The molecule has 1 atom stereocenters. The molecule has 1 saturated heterocycles. The fourth-order valence-corrected chi connectivity index (χ4v) is 3.19. The molecule has 8 heteroatoms. The Balaban J connectivity index is 1.76. The minimum absolute atomic E-state index is 0.00933. The van der Waals surface area contributed by atoms with Crippen molar-refractivity contribution < 1.29 is 14.7 Å². The summed E-state index contributed by atoms with van der Waals surface area (Å²) in [7, 11) is 0. The van der Waals surface area contributed by atoms with E-state index in [2.05, 4.69) is 14.9 Å². The molecule has 130 valence electrons. The number of nitrogens with zero attached hydrogens (tertiary/aromatic N) is 4. The van der Waals surface area contributed by atoms with Crippen LogP contribution in [-0.4, -0.2) is 34.0 Å². The van der Waals surface area contributed by atoms with E-state index in [1.165, 1.54) is 6.42 Å². The quantitative estimate of drug-likeness (QED) is 0.633. The van der Waals surface area contributed by atoms with E-state index in [0.717, 1.165) is 25.9 Å². The Labute approximate surface area is 144 Å². The van der Waals surface area contributed by atoms with Crippen LogP contribution in [0, 0.1) is 0 Å². The third-order valence-corrected chi connectivity index (χ3v) is 4.50. The fraction of sp³-hybridized carbons (Fsp3) is 0.353. The van der Waals surface area contributed by atoms with Gasteiger partial charge in [-0.2, -0.15) is 9.98 Å². The summed E-state index contributed by atoms with van der Waals surface area (Å²) in [5.74, 6) is 0.361. The van der Waals surface area contributed by atoms with Gasteiger partial charge in [0.05, 0.1) is 5.56 Å². The summed E-state index contributed by atoms with van der Waals surface area (Å²) >= 11 is 0. The first-order valence-electron chi connectivity index (χ1n) is 8.31. The lowest BCUT2D eigenvalue weighted by atomic mass is 10.1. The van der Waals surface area contributed by atoms with Crippen molar-refractivity contribution >= 4 is 17.6 Å². The summed E-state index contributed by atoms with van der Waals surface area (Å²) in [6, 6.07) is 8.66. The maximum atomic E-state index is 11.9. The second-order valence-corrected chi connectivity index (χ2v) is 6.17. The molecule has 2 aromatic rings. The minimum atomic E-state index is -0.842. The van der Waals surface area contributed by atoms with Crippen molar-refractivity contribution in [3.05, 3.63) is 47.1 Å². The first-order chi connectivity index (χ1) is 12.1. The highest BCUT2D eigenvalue weighted by Gasteiger charge is 2.30. The largest absolute Gasteiger partial charge is 0.432 e. The third-order valence-electron chi connectivity index (χ3n) is 4.50. The highest BCUT2D eigenvalue weighted by molar-refractivity contribution is 5.93. The molecule has 0 radical (unpaired) electrons. The van der Waals surface area contributed by atoms with Gasteiger partial charge in [0.1, 0.15) is 11.6 Å². The topological polar surface area (TPSA) is 106 Å². The number of carbonyl (C=O) groups is 1. The number of hydrogen-bond donors (Lipinski definition) is 2. The zero-order chi connectivity index (χ0) is 17.4. The first kappa shape index (κ1) is 15.5. The zero-order valence-corrected chi connectivity index (χ0v) is 13.6. The molecule has 1 fully saturated rings. The van der Waals surface area contributed by atoms with E-state index in [0.29, 0.717) is 21.7 Å². The van der Waals surface area contributed by atoms with Crippen LogP contribution in [0.15, 0.2) is 35.3 Å². The number of ether oxygens (including phenoxy) is 1. The predicted molar refractivity (Wildman–Crippen MR) is 90.0 cm³/mol. The normalized spacial score (nSPS) is 20.5. The van der Waals surface area contributed by atoms with Gasteiger partial charge in [0.15, 0.2) is 0 Å². The number of piperidine rings is 1. The highest BCUT2D eigenvalue weighted by Crippen LogP contribution is 2.30. The number of fused-ring (bicyclic) bond motifs is 1. The van der Waals surface area contributed by atoms with Crippen molar-refractivity contribution in [3.8, 4) is 0 Å². The van der Waals surface area contributed by atoms with Crippen molar-refractivity contribution in [1.29, 1.82) is 0 Å². The molecular weight excluding hydrogens is 322 g/mol.